The van der Waals surface area contributed by atoms with Crippen molar-refractivity contribution >= 4 is 6.29 Å². The fraction of sp³-hybridized carbons (Fsp3) is 0.300. The normalized spacial score (nSPS) is 9.93. The van der Waals surface area contributed by atoms with Gasteiger partial charge in [-0.1, -0.05) is 6.92 Å². The Kier molecular flexibility index (Phi) is 3.56. The van der Waals surface area contributed by atoms with Gasteiger partial charge < -0.3 is 4.74 Å². The summed E-state index contributed by atoms with van der Waals surface area (Å²) in [6.45, 7) is 2.07. The van der Waals surface area contributed by atoms with Crippen molar-refractivity contribution in [1.29, 1.82) is 0 Å². The third-order valence-electron chi connectivity index (χ3n) is 1.61. The van der Waals surface area contributed by atoms with E-state index in [1.54, 1.807) is 0 Å². The average molecular weight is 200 g/mol. The molecule has 0 aromatic heterocycles. The Labute approximate surface area is 80.5 Å². The minimum Gasteiger partial charge on any atom is -0.488 e. The molecule has 4 heteroatoms. The van der Waals surface area contributed by atoms with Crippen LogP contribution in [-0.2, 0) is 0 Å². The second-order valence-corrected chi connectivity index (χ2v) is 2.78. The van der Waals surface area contributed by atoms with Crippen molar-refractivity contribution in [2.24, 2.45) is 0 Å². The molecule has 0 fully saturated rings. The van der Waals surface area contributed by atoms with Crippen LogP contribution in [0.15, 0.2) is 12.1 Å². The smallest absolute Gasteiger partial charge is 0.190 e. The molecule has 0 heterocycles. The number of hydrogen-bond donors (Lipinski definition) is 0. The first kappa shape index (κ1) is 10.6. The predicted molar refractivity (Wildman–Crippen MR) is 47.5 cm³/mol. The number of rotatable bonds is 4. The van der Waals surface area contributed by atoms with E-state index in [9.17, 15) is 13.6 Å². The predicted octanol–water partition coefficient (Wildman–Crippen LogP) is 2.57. The quantitative estimate of drug-likeness (QED) is 0.698. The second kappa shape index (κ2) is 4.69. The molecule has 0 radical (unpaired) electrons. The van der Waals surface area contributed by atoms with E-state index in [0.717, 1.165) is 12.1 Å². The fourth-order valence-corrected chi connectivity index (χ4v) is 0.990. The minimum absolute atomic E-state index is 0.0381. The minimum atomic E-state index is -0.847. The summed E-state index contributed by atoms with van der Waals surface area (Å²) in [5.74, 6) is -2.11. The molecule has 14 heavy (non-hydrogen) atoms. The first-order valence-corrected chi connectivity index (χ1v) is 4.26. The van der Waals surface area contributed by atoms with Crippen molar-refractivity contribution in [3.05, 3.63) is 29.3 Å². The zero-order valence-electron chi connectivity index (χ0n) is 7.72. The Morgan fingerprint density at radius 2 is 1.93 bits per heavy atom. The summed E-state index contributed by atoms with van der Waals surface area (Å²) in [5.41, 5.74) is -0.0381. The highest BCUT2D eigenvalue weighted by Gasteiger charge is 2.11. The molecular formula is C10H10F2O2. The third-order valence-corrected chi connectivity index (χ3v) is 1.61. The zero-order chi connectivity index (χ0) is 10.6. The SMILES string of the molecule is CCCOc1c(F)cc(C=O)cc1F. The first-order chi connectivity index (χ1) is 6.69. The van der Waals surface area contributed by atoms with Crippen LogP contribution in [0.5, 0.6) is 5.75 Å². The van der Waals surface area contributed by atoms with Gasteiger partial charge in [-0.25, -0.2) is 8.78 Å². The molecule has 0 saturated heterocycles. The molecule has 0 bridgehead atoms. The molecule has 1 aromatic rings. The van der Waals surface area contributed by atoms with Gasteiger partial charge in [-0.2, -0.15) is 0 Å². The van der Waals surface area contributed by atoms with Crippen molar-refractivity contribution in [1.82, 2.24) is 0 Å². The van der Waals surface area contributed by atoms with Gasteiger partial charge in [-0.15, -0.1) is 0 Å². The van der Waals surface area contributed by atoms with Gasteiger partial charge in [0.2, 0.25) is 0 Å². The summed E-state index contributed by atoms with van der Waals surface area (Å²) in [5, 5.41) is 0. The highest BCUT2D eigenvalue weighted by Crippen LogP contribution is 2.22. The lowest BCUT2D eigenvalue weighted by Crippen LogP contribution is -2.01. The van der Waals surface area contributed by atoms with Crippen LogP contribution in [-0.4, -0.2) is 12.9 Å². The number of hydrogen-bond acceptors (Lipinski definition) is 2. The number of carbonyl (C=O) groups is 1. The highest BCUT2D eigenvalue weighted by molar-refractivity contribution is 5.75. The zero-order valence-corrected chi connectivity index (χ0v) is 7.72. The third kappa shape index (κ3) is 2.28. The molecule has 0 atom stereocenters. The van der Waals surface area contributed by atoms with Gasteiger partial charge in [0, 0.05) is 5.56 Å². The highest BCUT2D eigenvalue weighted by atomic mass is 19.1. The molecule has 0 amide bonds. The standard InChI is InChI=1S/C10H10F2O2/c1-2-3-14-10-8(11)4-7(6-13)5-9(10)12/h4-6H,2-3H2,1H3. The summed E-state index contributed by atoms with van der Waals surface area (Å²) in [4.78, 5) is 10.3. The lowest BCUT2D eigenvalue weighted by Gasteiger charge is -2.07. The maximum absolute atomic E-state index is 13.1. The van der Waals surface area contributed by atoms with E-state index < -0.39 is 17.4 Å². The van der Waals surface area contributed by atoms with E-state index in [0.29, 0.717) is 12.7 Å². The molecule has 76 valence electrons. The van der Waals surface area contributed by atoms with Gasteiger partial charge in [-0.3, -0.25) is 4.79 Å². The molecule has 1 aromatic carbocycles. The van der Waals surface area contributed by atoms with Crippen molar-refractivity contribution in [2.45, 2.75) is 13.3 Å². The van der Waals surface area contributed by atoms with Crippen LogP contribution in [0.2, 0.25) is 0 Å². The molecule has 0 saturated carbocycles. The molecule has 0 unspecified atom stereocenters. The number of ether oxygens (including phenoxy) is 1. The van der Waals surface area contributed by atoms with Gasteiger partial charge in [-0.05, 0) is 18.6 Å². The monoisotopic (exact) mass is 200 g/mol. The van der Waals surface area contributed by atoms with Crippen LogP contribution >= 0.6 is 0 Å². The summed E-state index contributed by atoms with van der Waals surface area (Å²) < 4.78 is 31.0. The van der Waals surface area contributed by atoms with Crippen molar-refractivity contribution in [2.75, 3.05) is 6.61 Å². The van der Waals surface area contributed by atoms with Gasteiger partial charge in [0.05, 0.1) is 6.61 Å². The van der Waals surface area contributed by atoms with Crippen LogP contribution in [0.25, 0.3) is 0 Å². The number of benzene rings is 1. The van der Waals surface area contributed by atoms with E-state index in [-0.39, 0.29) is 12.2 Å². The Hall–Kier alpha value is -1.45. The Balaban J connectivity index is 2.99. The van der Waals surface area contributed by atoms with Gasteiger partial charge in [0.1, 0.15) is 6.29 Å². The van der Waals surface area contributed by atoms with Crippen LogP contribution < -0.4 is 4.74 Å². The largest absolute Gasteiger partial charge is 0.488 e. The second-order valence-electron chi connectivity index (χ2n) is 2.78. The molecule has 0 spiro atoms. The summed E-state index contributed by atoms with van der Waals surface area (Å²) >= 11 is 0. The van der Waals surface area contributed by atoms with Crippen LogP contribution in [0, 0.1) is 11.6 Å². The van der Waals surface area contributed by atoms with Crippen molar-refractivity contribution in [3.8, 4) is 5.75 Å². The van der Waals surface area contributed by atoms with E-state index >= 15 is 0 Å². The summed E-state index contributed by atoms with van der Waals surface area (Å²) in [6.07, 6.45) is 1.05. The van der Waals surface area contributed by atoms with Crippen LogP contribution in [0.3, 0.4) is 0 Å². The maximum Gasteiger partial charge on any atom is 0.190 e. The first-order valence-electron chi connectivity index (χ1n) is 4.26. The topological polar surface area (TPSA) is 26.3 Å². The summed E-state index contributed by atoms with van der Waals surface area (Å²) in [7, 11) is 0. The number of aldehydes is 1. The van der Waals surface area contributed by atoms with Gasteiger partial charge >= 0.3 is 0 Å². The van der Waals surface area contributed by atoms with Crippen molar-refractivity contribution < 1.29 is 18.3 Å². The van der Waals surface area contributed by atoms with E-state index in [2.05, 4.69) is 0 Å². The molecule has 0 N–H and O–H groups in total. The Morgan fingerprint density at radius 1 is 1.36 bits per heavy atom. The van der Waals surface area contributed by atoms with E-state index in [4.69, 9.17) is 4.74 Å². The summed E-state index contributed by atoms with van der Waals surface area (Å²) in [6, 6.07) is 1.89. The lowest BCUT2D eigenvalue weighted by molar-refractivity contribution is 0.112. The Bertz CT molecular complexity index is 314. The number of carbonyl (C=O) groups excluding carboxylic acids is 1. The van der Waals surface area contributed by atoms with Crippen molar-refractivity contribution in [3.63, 3.8) is 0 Å². The van der Waals surface area contributed by atoms with Crippen LogP contribution in [0.1, 0.15) is 23.7 Å². The number of halogens is 2. The van der Waals surface area contributed by atoms with Crippen LogP contribution in [0.4, 0.5) is 8.78 Å². The lowest BCUT2D eigenvalue weighted by atomic mass is 10.2. The molecule has 0 aliphatic carbocycles. The van der Waals surface area contributed by atoms with Gasteiger partial charge in [0.25, 0.3) is 0 Å². The molecule has 1 rings (SSSR count). The maximum atomic E-state index is 13.1. The molecular weight excluding hydrogens is 190 g/mol. The molecule has 0 aliphatic rings. The molecule has 0 aliphatic heterocycles. The molecule has 2 nitrogen and oxygen atoms in total. The van der Waals surface area contributed by atoms with E-state index in [1.807, 2.05) is 6.92 Å². The average Bonchev–Trinajstić information content (AvgIpc) is 2.16. The van der Waals surface area contributed by atoms with E-state index in [1.165, 1.54) is 0 Å². The fourth-order valence-electron chi connectivity index (χ4n) is 0.990. The van der Waals surface area contributed by atoms with Gasteiger partial charge in [0.15, 0.2) is 17.4 Å². The Morgan fingerprint density at radius 3 is 2.36 bits per heavy atom.